The molecule has 1 aliphatic carbocycles. The van der Waals surface area contributed by atoms with Crippen LogP contribution in [0.4, 0.5) is 8.78 Å². The molecule has 3 unspecified atom stereocenters. The smallest absolute Gasteiger partial charge is 0.280 e. The van der Waals surface area contributed by atoms with Gasteiger partial charge in [0.2, 0.25) is 0 Å². The first-order valence-electron chi connectivity index (χ1n) is 9.45. The lowest BCUT2D eigenvalue weighted by atomic mass is 9.80. The van der Waals surface area contributed by atoms with Gasteiger partial charge in [-0.2, -0.15) is 4.59 Å². The zero-order valence-corrected chi connectivity index (χ0v) is 19.1. The summed E-state index contributed by atoms with van der Waals surface area (Å²) in [4.78, 5) is 17.2. The van der Waals surface area contributed by atoms with E-state index in [4.69, 9.17) is 5.73 Å². The van der Waals surface area contributed by atoms with Gasteiger partial charge in [-0.05, 0) is 48.4 Å². The lowest BCUT2D eigenvalue weighted by Crippen LogP contribution is -2.59. The number of hydrogen-bond acceptors (Lipinski definition) is 5. The molecule has 0 bridgehead atoms. The van der Waals surface area contributed by atoms with Crippen LogP contribution in [-0.4, -0.2) is 52.8 Å². The number of hydrogen-bond donors (Lipinski definition) is 2. The van der Waals surface area contributed by atoms with E-state index >= 15 is 0 Å². The molecule has 3 N–H and O–H groups in total. The minimum Gasteiger partial charge on any atom is -0.340 e. The Balaban J connectivity index is 1.56. The minimum atomic E-state index is -3.01. The molecule has 156 valence electrons. The number of nitrogens with one attached hydrogen (secondary N) is 1. The Bertz CT molecular complexity index is 931. The highest BCUT2D eigenvalue weighted by atomic mass is 127. The number of likely N-dealkylation sites (N-methyl/N-ethyl adjacent to an activating group) is 1. The Morgan fingerprint density at radius 3 is 2.97 bits per heavy atom. The van der Waals surface area contributed by atoms with Gasteiger partial charge in [0.25, 0.3) is 11.8 Å². The third kappa shape index (κ3) is 3.57. The van der Waals surface area contributed by atoms with Gasteiger partial charge in [-0.1, -0.05) is 5.10 Å². The summed E-state index contributed by atoms with van der Waals surface area (Å²) < 4.78 is 29.9. The number of halogens is 3. The van der Waals surface area contributed by atoms with Crippen LogP contribution >= 0.6 is 33.9 Å². The maximum Gasteiger partial charge on any atom is 0.280 e. The molecular formula is C19H23F2IN5OS+. The average molecular weight is 534 g/mol. The number of quaternary nitrogens is 1. The van der Waals surface area contributed by atoms with E-state index in [1.165, 1.54) is 0 Å². The molecule has 5 atom stereocenters. The van der Waals surface area contributed by atoms with Crippen LogP contribution in [0, 0.1) is 0 Å². The lowest BCUT2D eigenvalue weighted by molar-refractivity contribution is -0.882. The fraction of sp³-hybridized carbons (Fsp3) is 0.526. The molecule has 10 heteroatoms. The van der Waals surface area contributed by atoms with Crippen molar-refractivity contribution < 1.29 is 18.2 Å². The first kappa shape index (κ1) is 21.0. The zero-order valence-electron chi connectivity index (χ0n) is 16.1. The van der Waals surface area contributed by atoms with Gasteiger partial charge in [-0.25, -0.2) is 13.8 Å². The van der Waals surface area contributed by atoms with Gasteiger partial charge in [-0.15, -0.1) is 11.3 Å². The molecule has 6 nitrogen and oxygen atoms in total. The molecule has 1 aromatic heterocycles. The quantitative estimate of drug-likeness (QED) is 0.462. The lowest BCUT2D eigenvalue weighted by Gasteiger charge is -2.36. The van der Waals surface area contributed by atoms with Gasteiger partial charge in [0, 0.05) is 27.5 Å². The topological polar surface area (TPSA) is 80.4 Å². The van der Waals surface area contributed by atoms with Crippen LogP contribution in [0.3, 0.4) is 0 Å². The molecule has 29 heavy (non-hydrogen) atoms. The van der Waals surface area contributed by atoms with Crippen LogP contribution in [0.5, 0.6) is 0 Å². The third-order valence-corrected chi connectivity index (χ3v) is 7.63. The number of alkyl halides is 2. The number of nitrogens with two attached hydrogens (primary N) is 1. The Morgan fingerprint density at radius 2 is 2.24 bits per heavy atom. The van der Waals surface area contributed by atoms with Gasteiger partial charge in [0.1, 0.15) is 17.7 Å². The summed E-state index contributed by atoms with van der Waals surface area (Å²) in [5.74, 6) is -3.61. The van der Waals surface area contributed by atoms with Gasteiger partial charge in [0.05, 0.1) is 19.0 Å². The number of aromatic nitrogens is 1. The summed E-state index contributed by atoms with van der Waals surface area (Å²) in [6.45, 7) is 2.03. The van der Waals surface area contributed by atoms with Crippen molar-refractivity contribution in [3.63, 3.8) is 0 Å². The molecule has 3 heterocycles. The van der Waals surface area contributed by atoms with E-state index in [0.717, 1.165) is 14.9 Å². The number of thiazole rings is 1. The fourth-order valence-corrected chi connectivity index (χ4v) is 5.64. The molecular weight excluding hydrogens is 511 g/mol. The zero-order chi connectivity index (χ0) is 21.0. The highest BCUT2D eigenvalue weighted by Gasteiger charge is 2.53. The summed E-state index contributed by atoms with van der Waals surface area (Å²) in [6, 6.07) is -2.12. The van der Waals surface area contributed by atoms with Crippen molar-refractivity contribution in [3.8, 4) is 0 Å². The summed E-state index contributed by atoms with van der Waals surface area (Å²) in [5.41, 5.74) is 6.07. The van der Waals surface area contributed by atoms with Crippen LogP contribution in [0.2, 0.25) is 0 Å². The molecule has 1 aromatic rings. The van der Waals surface area contributed by atoms with Crippen molar-refractivity contribution in [2.75, 3.05) is 7.05 Å². The van der Waals surface area contributed by atoms with E-state index in [0.29, 0.717) is 23.1 Å². The van der Waals surface area contributed by atoms with Gasteiger partial charge >= 0.3 is 0 Å². The summed E-state index contributed by atoms with van der Waals surface area (Å²) in [5, 5.41) is 9.07. The van der Waals surface area contributed by atoms with Crippen LogP contribution in [-0.2, 0) is 5.41 Å². The number of allylic oxidation sites excluding steroid dienone is 2. The van der Waals surface area contributed by atoms with E-state index in [2.05, 4.69) is 44.1 Å². The Hall–Kier alpha value is -1.24. The Labute approximate surface area is 185 Å². The number of carbonyl (C=O) groups excluding carboxylic acids is 1. The monoisotopic (exact) mass is 534 g/mol. The predicted molar refractivity (Wildman–Crippen MR) is 117 cm³/mol. The molecule has 0 radical (unpaired) electrons. The predicted octanol–water partition coefficient (Wildman–Crippen LogP) is 3.31. The van der Waals surface area contributed by atoms with Crippen molar-refractivity contribution in [2.24, 2.45) is 10.8 Å². The average Bonchev–Trinajstić information content (AvgIpc) is 3.24. The van der Waals surface area contributed by atoms with Crippen molar-refractivity contribution in [1.82, 2.24) is 10.3 Å². The van der Waals surface area contributed by atoms with Gasteiger partial charge in [-0.3, -0.25) is 4.79 Å². The maximum absolute atomic E-state index is 14.2. The van der Waals surface area contributed by atoms with Gasteiger partial charge < -0.3 is 11.1 Å². The molecule has 2 aliphatic heterocycles. The largest absolute Gasteiger partial charge is 0.340 e. The Kier molecular flexibility index (Phi) is 5.20. The van der Waals surface area contributed by atoms with E-state index in [9.17, 15) is 13.6 Å². The second-order valence-corrected chi connectivity index (χ2v) is 10.3. The highest BCUT2D eigenvalue weighted by Crippen LogP contribution is 2.42. The number of fused-ring (bicyclic) bond motifs is 1. The van der Waals surface area contributed by atoms with Crippen molar-refractivity contribution in [3.05, 3.63) is 38.0 Å². The van der Waals surface area contributed by atoms with Crippen LogP contribution < -0.4 is 11.1 Å². The molecule has 1 fully saturated rings. The van der Waals surface area contributed by atoms with E-state index in [-0.39, 0.29) is 17.5 Å². The fourth-order valence-electron chi connectivity index (χ4n) is 4.29. The molecule has 0 spiro atoms. The molecule has 1 amide bonds. The number of amides is 1. The van der Waals surface area contributed by atoms with E-state index in [1.54, 1.807) is 0 Å². The number of carbonyl (C=O) groups is 1. The molecule has 0 aromatic carbocycles. The van der Waals surface area contributed by atoms with E-state index < -0.39 is 29.3 Å². The van der Waals surface area contributed by atoms with Crippen molar-refractivity contribution >= 4 is 46.0 Å². The van der Waals surface area contributed by atoms with Crippen LogP contribution in [0.1, 0.15) is 41.7 Å². The van der Waals surface area contributed by atoms with Crippen LogP contribution in [0.25, 0.3) is 0 Å². The SMILES string of the molecule is CC1(c2csc(C(=O)N[C@@H]3[C@@H](N)CCCC3(F)F)n2)C=N[N+]2(C)C=CC(I)=CC12. The van der Waals surface area contributed by atoms with Crippen molar-refractivity contribution in [2.45, 2.75) is 55.6 Å². The van der Waals surface area contributed by atoms with Crippen LogP contribution in [0.15, 0.2) is 32.4 Å². The molecule has 3 aliphatic rings. The molecule has 4 rings (SSSR count). The van der Waals surface area contributed by atoms with Crippen molar-refractivity contribution in [1.29, 1.82) is 0 Å². The maximum atomic E-state index is 14.2. The first-order chi connectivity index (χ1) is 13.6. The summed E-state index contributed by atoms with van der Waals surface area (Å²) >= 11 is 3.43. The van der Waals surface area contributed by atoms with Gasteiger partial charge in [0.15, 0.2) is 11.0 Å². The second kappa shape index (κ2) is 7.17. The summed E-state index contributed by atoms with van der Waals surface area (Å²) in [7, 11) is 2.01. The summed E-state index contributed by atoms with van der Waals surface area (Å²) in [6.07, 6.45) is 8.63. The second-order valence-electron chi connectivity index (χ2n) is 8.24. The first-order valence-corrected chi connectivity index (χ1v) is 11.4. The normalized spacial score (nSPS) is 37.9. The number of rotatable bonds is 3. The third-order valence-electron chi connectivity index (χ3n) is 6.07. The van der Waals surface area contributed by atoms with E-state index in [1.807, 2.05) is 37.8 Å². The Morgan fingerprint density at radius 1 is 1.48 bits per heavy atom. The standard InChI is InChI=1S/C19H22F2IN5OS/c1-18(10-24-27(2)7-5-11(22)8-14(18)27)13-9-29-17(25-13)16(28)26-15-12(23)4-3-6-19(15,20)21/h5,7-10,12,14-15H,3-4,6,23H2,1-2H3/p+1/t12-,14?,15+,18?,27?/m0/s1. The minimum absolute atomic E-state index is 0.00788. The molecule has 1 saturated carbocycles. The number of nitrogens with zero attached hydrogens (tertiary/aromatic N) is 3. The molecule has 0 saturated heterocycles. The highest BCUT2D eigenvalue weighted by molar-refractivity contribution is 14.1.